The van der Waals surface area contributed by atoms with Crippen molar-refractivity contribution >= 4 is 11.6 Å². The molecular weight excluding hydrogens is 762 g/mol. The van der Waals surface area contributed by atoms with Gasteiger partial charge < -0.3 is 0 Å². The summed E-state index contributed by atoms with van der Waals surface area (Å²) < 4.78 is 0. The Labute approximate surface area is 295 Å². The van der Waals surface area contributed by atoms with Crippen molar-refractivity contribution in [3.05, 3.63) is 46.1 Å². The maximum atomic E-state index is 12.1. The Hall–Kier alpha value is -1.09. The summed E-state index contributed by atoms with van der Waals surface area (Å²) in [7, 11) is 0. The van der Waals surface area contributed by atoms with Crippen molar-refractivity contribution in [1.82, 2.24) is 0 Å². The Morgan fingerprint density at radius 2 is 1.66 bits per heavy atom. The van der Waals surface area contributed by atoms with Crippen LogP contribution in [0.2, 0.25) is 0 Å². The Morgan fingerprint density at radius 3 is 2.34 bits per heavy atom. The van der Waals surface area contributed by atoms with Crippen LogP contribution in [0.15, 0.2) is 46.1 Å². The molecule has 0 heterocycles. The number of rotatable bonds is 9. The first-order valence-corrected chi connectivity index (χ1v) is 17.6. The van der Waals surface area contributed by atoms with Crippen molar-refractivity contribution in [2.24, 2.45) is 34.5 Å². The van der Waals surface area contributed by atoms with Gasteiger partial charge in [0.15, 0.2) is 5.78 Å². The standard InChI is InChI=1S/C21H32O.C20H28O.U.H2/c1-13-9-11-20(3)16(13)6-5-15-18-8-7-17(14(2)22)21(18,4)12-10-19(15)20;1-4-5-6-9-12-17(2)13-10-7-8-11-14-19-18(3)15-16-20(19)21;;/h15,17-19H,5-12H2,1-4H3;7-8,12H,6,9-11,13-16H2,1-3H3;;1H/b;8-7+,17-12+;;/t15-,17+,18-,19-,20-,21+;;;/m0.../s1/i;;;1+2. The summed E-state index contributed by atoms with van der Waals surface area (Å²) in [6.07, 6.45) is 25.3. The number of ketones is 2. The third kappa shape index (κ3) is 8.24. The van der Waals surface area contributed by atoms with Gasteiger partial charge in [-0.15, -0.1) is 11.8 Å². The van der Waals surface area contributed by atoms with Crippen molar-refractivity contribution in [3.8, 4) is 11.8 Å². The molecule has 0 bridgehead atoms. The predicted molar refractivity (Wildman–Crippen MR) is 184 cm³/mol. The molecule has 0 aromatic rings. The number of hydrogen-bond donors (Lipinski definition) is 0. The van der Waals surface area contributed by atoms with E-state index in [9.17, 15) is 9.59 Å². The maximum Gasteiger partial charge on any atom is 0.159 e. The zero-order valence-corrected chi connectivity index (χ0v) is 33.3. The minimum absolute atomic E-state index is 0. The molecule has 0 aliphatic heterocycles. The van der Waals surface area contributed by atoms with Gasteiger partial charge >= 0.3 is 0 Å². The Bertz CT molecular complexity index is 1240. The van der Waals surface area contributed by atoms with E-state index in [4.69, 9.17) is 0 Å². The molecule has 3 saturated carbocycles. The van der Waals surface area contributed by atoms with Crippen molar-refractivity contribution in [2.45, 2.75) is 151 Å². The van der Waals surface area contributed by atoms with Crippen LogP contribution in [0.5, 0.6) is 0 Å². The van der Waals surface area contributed by atoms with Crippen LogP contribution in [0.1, 0.15) is 153 Å². The average Bonchev–Trinajstić information content (AvgIpc) is 3.60. The van der Waals surface area contributed by atoms with Gasteiger partial charge in [0.05, 0.1) is 0 Å². The number of Topliss-reactive ketones (excluding diaryl/α,β-unsaturated/α-hetero) is 2. The monoisotopic (exact) mass is 827 g/mol. The van der Waals surface area contributed by atoms with Crippen molar-refractivity contribution in [2.75, 3.05) is 0 Å². The summed E-state index contributed by atoms with van der Waals surface area (Å²) in [6.45, 7) is 15.4. The number of carbonyl (C=O) groups excluding carboxylic acids is 2. The van der Waals surface area contributed by atoms with Crippen LogP contribution in [0.25, 0.3) is 0 Å². The molecule has 3 heteroatoms. The fourth-order valence-electron chi connectivity index (χ4n) is 10.2. The van der Waals surface area contributed by atoms with E-state index >= 15 is 0 Å². The van der Waals surface area contributed by atoms with Gasteiger partial charge in [-0.3, -0.25) is 9.59 Å². The second-order valence-corrected chi connectivity index (χ2v) is 15.1. The normalized spacial score (nSPS) is 32.8. The van der Waals surface area contributed by atoms with Gasteiger partial charge in [0.2, 0.25) is 0 Å². The molecule has 0 radical (unpaired) electrons. The fourth-order valence-corrected chi connectivity index (χ4v) is 10.2. The molecule has 0 unspecified atom stereocenters. The zero-order valence-electron chi connectivity index (χ0n) is 29.2. The van der Waals surface area contributed by atoms with Crippen LogP contribution >= 0.6 is 0 Å². The van der Waals surface area contributed by atoms with E-state index in [-0.39, 0.29) is 32.5 Å². The summed E-state index contributed by atoms with van der Waals surface area (Å²) in [4.78, 5) is 23.8. The van der Waals surface area contributed by atoms with Crippen LogP contribution in [0.4, 0.5) is 0 Å². The van der Waals surface area contributed by atoms with E-state index in [2.05, 4.69) is 64.7 Å². The first-order valence-electron chi connectivity index (χ1n) is 17.6. The van der Waals surface area contributed by atoms with E-state index in [1.807, 2.05) is 19.4 Å². The molecule has 5 rings (SSSR count). The van der Waals surface area contributed by atoms with E-state index in [1.165, 1.54) is 56.1 Å². The molecule has 0 amide bonds. The Morgan fingerprint density at radius 1 is 0.909 bits per heavy atom. The van der Waals surface area contributed by atoms with Gasteiger partial charge in [-0.1, -0.05) is 54.4 Å². The third-order valence-corrected chi connectivity index (χ3v) is 12.6. The molecule has 0 aromatic carbocycles. The topological polar surface area (TPSA) is 34.1 Å². The first-order chi connectivity index (χ1) is 20.5. The van der Waals surface area contributed by atoms with E-state index in [0.29, 0.717) is 28.3 Å². The molecule has 44 heavy (non-hydrogen) atoms. The summed E-state index contributed by atoms with van der Waals surface area (Å²) in [5.74, 6) is 9.80. The van der Waals surface area contributed by atoms with Gasteiger partial charge in [-0.05, 0) is 159 Å². The Balaban J connectivity index is 0.000000301. The van der Waals surface area contributed by atoms with Crippen molar-refractivity contribution < 1.29 is 42.1 Å². The SMILES string of the molecule is CC#CCC/C=C(\C)CC/C=C/CCC1=C(C)CCC1=O.CC(=O)[C@H]1CC[C@H]2[C@@H]3CCC4=C(C)CC[C@]4(C)[C@H]3CC[C@]12C.[3HH].[U]. The van der Waals surface area contributed by atoms with Crippen molar-refractivity contribution in [3.63, 3.8) is 0 Å². The summed E-state index contributed by atoms with van der Waals surface area (Å²) in [6, 6.07) is 0. The van der Waals surface area contributed by atoms with Gasteiger partial charge in [0.1, 0.15) is 5.78 Å². The fraction of sp³-hybridized carbons (Fsp3) is 0.707. The number of unbranched alkanes of at least 4 members (excludes halogenated alkanes) is 1. The van der Waals surface area contributed by atoms with Crippen LogP contribution < -0.4 is 0 Å². The molecular formula is C41H62O2U. The number of fused-ring (bicyclic) bond motifs is 5. The largest absolute Gasteiger partial charge is 0.300 e. The van der Waals surface area contributed by atoms with E-state index in [1.54, 1.807) is 5.57 Å². The second kappa shape index (κ2) is 16.6. The molecule has 0 N–H and O–H groups in total. The van der Waals surface area contributed by atoms with Crippen LogP contribution in [0.3, 0.4) is 0 Å². The van der Waals surface area contributed by atoms with Gasteiger partial charge in [-0.25, -0.2) is 0 Å². The van der Waals surface area contributed by atoms with Crippen LogP contribution in [-0.2, 0) is 9.59 Å². The third-order valence-electron chi connectivity index (χ3n) is 12.6. The molecule has 0 saturated heterocycles. The molecule has 0 spiro atoms. The van der Waals surface area contributed by atoms with Gasteiger partial charge in [-0.2, -0.15) is 0 Å². The van der Waals surface area contributed by atoms with Crippen molar-refractivity contribution in [1.29, 1.82) is 0 Å². The summed E-state index contributed by atoms with van der Waals surface area (Å²) >= 11 is 0. The second-order valence-electron chi connectivity index (χ2n) is 15.1. The van der Waals surface area contributed by atoms with E-state index in [0.717, 1.165) is 81.1 Å². The molecule has 6 atom stereocenters. The quantitative estimate of drug-likeness (QED) is 0.132. The number of hydrogen-bond acceptors (Lipinski definition) is 2. The number of allylic oxidation sites excluding steroid dienone is 8. The Kier molecular flexibility index (Phi) is 14.1. The summed E-state index contributed by atoms with van der Waals surface area (Å²) in [5.41, 5.74) is 8.21. The van der Waals surface area contributed by atoms with E-state index < -0.39 is 0 Å². The van der Waals surface area contributed by atoms with Crippen LogP contribution in [0, 0.1) is 77.5 Å². The first kappa shape index (κ1) is 37.4. The van der Waals surface area contributed by atoms with Crippen LogP contribution in [-0.4, -0.2) is 11.6 Å². The molecule has 2 nitrogen and oxygen atoms in total. The molecule has 3 fully saturated rings. The van der Waals surface area contributed by atoms with Gasteiger partial charge in [0, 0.05) is 51.3 Å². The smallest absolute Gasteiger partial charge is 0.159 e. The molecule has 0 aromatic heterocycles. The zero-order chi connectivity index (χ0) is 31.2. The van der Waals surface area contributed by atoms with Gasteiger partial charge in [0.25, 0.3) is 0 Å². The average molecular weight is 827 g/mol. The minimum Gasteiger partial charge on any atom is -0.300 e. The predicted octanol–water partition coefficient (Wildman–Crippen LogP) is 11.3. The maximum absolute atomic E-state index is 12.1. The minimum atomic E-state index is 0. The number of carbonyl (C=O) groups is 2. The summed E-state index contributed by atoms with van der Waals surface area (Å²) in [5, 5.41) is 0. The molecule has 5 aliphatic carbocycles. The molecule has 5 aliphatic rings. The molecule has 242 valence electrons.